The van der Waals surface area contributed by atoms with Gasteiger partial charge in [0.05, 0.1) is 36.5 Å². The van der Waals surface area contributed by atoms with Crippen molar-refractivity contribution in [2.75, 3.05) is 14.2 Å². The number of nitro benzene ring substituents is 1. The minimum absolute atomic E-state index is 0.124. The summed E-state index contributed by atoms with van der Waals surface area (Å²) in [6.45, 7) is 0.124. The van der Waals surface area contributed by atoms with Gasteiger partial charge in [0.2, 0.25) is 0 Å². The molecule has 3 rings (SSSR count). The quantitative estimate of drug-likeness (QED) is 0.454. The summed E-state index contributed by atoms with van der Waals surface area (Å²) in [4.78, 5) is 15.2. The van der Waals surface area contributed by atoms with Crippen LogP contribution >= 0.6 is 11.3 Å². The molecular weight excluding hydrogens is 356 g/mol. The van der Waals surface area contributed by atoms with Crippen molar-refractivity contribution >= 4 is 17.0 Å². The number of nitrogens with zero attached hydrogens (tertiary/aromatic N) is 2. The summed E-state index contributed by atoms with van der Waals surface area (Å²) in [6.07, 6.45) is 0. The highest BCUT2D eigenvalue weighted by atomic mass is 32.1. The monoisotopic (exact) mass is 372 g/mol. The third-order valence-electron chi connectivity index (χ3n) is 3.63. The fraction of sp³-hybridized carbons (Fsp3) is 0.167. The Kier molecular flexibility index (Phi) is 5.33. The van der Waals surface area contributed by atoms with Crippen molar-refractivity contribution < 1.29 is 19.1 Å². The summed E-state index contributed by atoms with van der Waals surface area (Å²) >= 11 is 1.46. The lowest BCUT2D eigenvalue weighted by Crippen LogP contribution is -2.00. The van der Waals surface area contributed by atoms with Gasteiger partial charge in [-0.15, -0.1) is 11.3 Å². The predicted octanol–water partition coefficient (Wildman–Crippen LogP) is 4.31. The van der Waals surface area contributed by atoms with E-state index in [0.717, 1.165) is 16.3 Å². The van der Waals surface area contributed by atoms with Gasteiger partial charge < -0.3 is 14.2 Å². The molecule has 1 aromatic heterocycles. The summed E-state index contributed by atoms with van der Waals surface area (Å²) < 4.78 is 16.0. The van der Waals surface area contributed by atoms with Crippen molar-refractivity contribution in [1.29, 1.82) is 0 Å². The summed E-state index contributed by atoms with van der Waals surface area (Å²) in [5.74, 6) is 1.30. The zero-order valence-electron chi connectivity index (χ0n) is 14.2. The molecule has 2 aromatic carbocycles. The number of hydrogen-bond donors (Lipinski definition) is 0. The van der Waals surface area contributed by atoms with Crippen LogP contribution in [0.1, 0.15) is 5.69 Å². The molecule has 3 aromatic rings. The zero-order valence-corrected chi connectivity index (χ0v) is 15.0. The molecule has 0 unspecified atom stereocenters. The minimum atomic E-state index is -0.501. The molecule has 8 heteroatoms. The van der Waals surface area contributed by atoms with Crippen molar-refractivity contribution in [3.05, 3.63) is 63.7 Å². The molecule has 26 heavy (non-hydrogen) atoms. The molecule has 0 atom stereocenters. The normalized spacial score (nSPS) is 10.4. The first-order chi connectivity index (χ1) is 12.6. The Morgan fingerprint density at radius 1 is 1.12 bits per heavy atom. The fourth-order valence-electron chi connectivity index (χ4n) is 2.36. The Morgan fingerprint density at radius 3 is 2.65 bits per heavy atom. The van der Waals surface area contributed by atoms with Crippen LogP contribution in [0.15, 0.2) is 47.8 Å². The first-order valence-electron chi connectivity index (χ1n) is 7.65. The van der Waals surface area contributed by atoms with Gasteiger partial charge in [0.1, 0.15) is 23.1 Å². The molecule has 0 aliphatic rings. The van der Waals surface area contributed by atoms with Crippen LogP contribution in [0, 0.1) is 10.1 Å². The van der Waals surface area contributed by atoms with Gasteiger partial charge in [0, 0.05) is 5.38 Å². The van der Waals surface area contributed by atoms with Gasteiger partial charge >= 0.3 is 5.69 Å². The maximum absolute atomic E-state index is 11.2. The highest BCUT2D eigenvalue weighted by molar-refractivity contribution is 7.13. The highest BCUT2D eigenvalue weighted by Gasteiger charge is 2.17. The molecule has 0 N–H and O–H groups in total. The molecular formula is C18H16N2O5S. The standard InChI is InChI=1S/C18H16N2O5S/c1-23-13-7-8-17(15(9-13)20(21)22)25-10-12-11-26-18(19-12)14-5-3-4-6-16(14)24-2/h3-9,11H,10H2,1-2H3. The molecule has 1 heterocycles. The number of aromatic nitrogens is 1. The number of hydrogen-bond acceptors (Lipinski definition) is 7. The molecule has 7 nitrogen and oxygen atoms in total. The molecule has 0 aliphatic carbocycles. The van der Waals surface area contributed by atoms with Gasteiger partial charge in [-0.05, 0) is 24.3 Å². The van der Waals surface area contributed by atoms with E-state index in [1.165, 1.54) is 30.6 Å². The zero-order chi connectivity index (χ0) is 18.5. The number of benzene rings is 2. The number of thiazole rings is 1. The molecule has 0 aliphatic heterocycles. The highest BCUT2D eigenvalue weighted by Crippen LogP contribution is 2.34. The second-order valence-electron chi connectivity index (χ2n) is 5.22. The molecule has 0 radical (unpaired) electrons. The van der Waals surface area contributed by atoms with E-state index in [-0.39, 0.29) is 18.0 Å². The van der Waals surface area contributed by atoms with Crippen molar-refractivity contribution in [2.24, 2.45) is 0 Å². The van der Waals surface area contributed by atoms with Crippen molar-refractivity contribution in [3.8, 4) is 27.8 Å². The van der Waals surface area contributed by atoms with Gasteiger partial charge in [0.25, 0.3) is 0 Å². The number of rotatable bonds is 7. The van der Waals surface area contributed by atoms with Crippen molar-refractivity contribution in [3.63, 3.8) is 0 Å². The van der Waals surface area contributed by atoms with Crippen LogP contribution in [0.2, 0.25) is 0 Å². The molecule has 0 spiro atoms. The number of para-hydroxylation sites is 1. The van der Waals surface area contributed by atoms with E-state index < -0.39 is 4.92 Å². The van der Waals surface area contributed by atoms with Crippen molar-refractivity contribution in [1.82, 2.24) is 4.98 Å². The Bertz CT molecular complexity index is 925. The molecule has 0 saturated carbocycles. The fourth-order valence-corrected chi connectivity index (χ4v) is 3.19. The largest absolute Gasteiger partial charge is 0.496 e. The summed E-state index contributed by atoms with van der Waals surface area (Å²) in [7, 11) is 3.06. The predicted molar refractivity (Wildman–Crippen MR) is 98.1 cm³/mol. The lowest BCUT2D eigenvalue weighted by atomic mass is 10.2. The van der Waals surface area contributed by atoms with E-state index in [4.69, 9.17) is 14.2 Å². The molecule has 0 bridgehead atoms. The Morgan fingerprint density at radius 2 is 1.92 bits per heavy atom. The second-order valence-corrected chi connectivity index (χ2v) is 6.08. The molecule has 134 valence electrons. The molecule has 0 amide bonds. The van der Waals surface area contributed by atoms with Crippen LogP contribution in [-0.2, 0) is 6.61 Å². The van der Waals surface area contributed by atoms with Gasteiger partial charge in [-0.1, -0.05) is 12.1 Å². The molecule has 0 fully saturated rings. The van der Waals surface area contributed by atoms with Gasteiger partial charge in [-0.25, -0.2) is 4.98 Å². The van der Waals surface area contributed by atoms with Crippen molar-refractivity contribution in [2.45, 2.75) is 6.61 Å². The van der Waals surface area contributed by atoms with E-state index in [9.17, 15) is 10.1 Å². The van der Waals surface area contributed by atoms with Crippen LogP contribution in [0.4, 0.5) is 5.69 Å². The maximum Gasteiger partial charge on any atom is 0.314 e. The lowest BCUT2D eigenvalue weighted by Gasteiger charge is -2.07. The summed E-state index contributed by atoms with van der Waals surface area (Å²) in [6, 6.07) is 12.1. The van der Waals surface area contributed by atoms with Crippen LogP contribution < -0.4 is 14.2 Å². The van der Waals surface area contributed by atoms with E-state index in [2.05, 4.69) is 4.98 Å². The Hall–Kier alpha value is -3.13. The first-order valence-corrected chi connectivity index (χ1v) is 8.53. The summed E-state index contributed by atoms with van der Waals surface area (Å²) in [5.41, 5.74) is 1.42. The first kappa shape index (κ1) is 17.7. The van der Waals surface area contributed by atoms with E-state index in [1.54, 1.807) is 13.2 Å². The number of methoxy groups -OCH3 is 2. The average Bonchev–Trinajstić information content (AvgIpc) is 3.15. The SMILES string of the molecule is COc1ccc(OCc2csc(-c3ccccc3OC)n2)c([N+](=O)[O-])c1. The Labute approximate surface area is 153 Å². The number of nitro groups is 1. The van der Waals surface area contributed by atoms with Crippen LogP contribution in [0.3, 0.4) is 0 Å². The summed E-state index contributed by atoms with van der Waals surface area (Å²) in [5, 5.41) is 13.9. The Balaban J connectivity index is 1.78. The average molecular weight is 372 g/mol. The maximum atomic E-state index is 11.2. The van der Waals surface area contributed by atoms with Crippen LogP contribution in [-0.4, -0.2) is 24.1 Å². The van der Waals surface area contributed by atoms with Gasteiger partial charge in [-0.3, -0.25) is 10.1 Å². The third kappa shape index (κ3) is 3.75. The van der Waals surface area contributed by atoms with E-state index >= 15 is 0 Å². The smallest absolute Gasteiger partial charge is 0.314 e. The van der Waals surface area contributed by atoms with E-state index in [0.29, 0.717) is 11.4 Å². The van der Waals surface area contributed by atoms with Crippen LogP contribution in [0.5, 0.6) is 17.2 Å². The lowest BCUT2D eigenvalue weighted by molar-refractivity contribution is -0.386. The van der Waals surface area contributed by atoms with Crippen LogP contribution in [0.25, 0.3) is 10.6 Å². The molecule has 0 saturated heterocycles. The minimum Gasteiger partial charge on any atom is -0.496 e. The van der Waals surface area contributed by atoms with Gasteiger partial charge in [-0.2, -0.15) is 0 Å². The third-order valence-corrected chi connectivity index (χ3v) is 4.55. The van der Waals surface area contributed by atoms with E-state index in [1.807, 2.05) is 29.6 Å². The topological polar surface area (TPSA) is 83.7 Å². The second kappa shape index (κ2) is 7.83. The van der Waals surface area contributed by atoms with Gasteiger partial charge in [0.15, 0.2) is 5.75 Å². The number of ether oxygens (including phenoxy) is 3.